The number of methoxy groups -OCH3 is 1. The number of fused-ring (bicyclic) bond motifs is 1. The molecule has 0 aliphatic heterocycles. The highest BCUT2D eigenvalue weighted by atomic mass is 16.5. The van der Waals surface area contributed by atoms with Crippen molar-refractivity contribution in [1.82, 2.24) is 9.88 Å². The minimum absolute atomic E-state index is 0.223. The zero-order valence-corrected chi connectivity index (χ0v) is 11.4. The summed E-state index contributed by atoms with van der Waals surface area (Å²) >= 11 is 0. The van der Waals surface area contributed by atoms with Crippen molar-refractivity contribution in [3.8, 4) is 0 Å². The summed E-state index contributed by atoms with van der Waals surface area (Å²) in [5, 5.41) is 4.70. The van der Waals surface area contributed by atoms with Crippen molar-refractivity contribution in [2.75, 3.05) is 13.7 Å². The maximum Gasteiger partial charge on any atom is 0.0722 e. The topological polar surface area (TPSA) is 26.2 Å². The van der Waals surface area contributed by atoms with Crippen LogP contribution in [-0.4, -0.2) is 24.3 Å². The van der Waals surface area contributed by atoms with Crippen LogP contribution in [0.1, 0.15) is 19.5 Å². The maximum atomic E-state index is 5.39. The molecule has 1 unspecified atom stereocenters. The molecule has 0 bridgehead atoms. The van der Waals surface area contributed by atoms with Gasteiger partial charge in [0.2, 0.25) is 0 Å². The van der Waals surface area contributed by atoms with Gasteiger partial charge >= 0.3 is 0 Å². The molecule has 1 heterocycles. The summed E-state index contributed by atoms with van der Waals surface area (Å²) < 4.78 is 7.74. The molecule has 2 rings (SSSR count). The Hall–Kier alpha value is -1.32. The molecule has 0 aliphatic carbocycles. The van der Waals surface area contributed by atoms with Gasteiger partial charge in [-0.2, -0.15) is 0 Å². The molecule has 3 nitrogen and oxygen atoms in total. The Kier molecular flexibility index (Phi) is 4.39. The van der Waals surface area contributed by atoms with Crippen molar-refractivity contribution >= 4 is 10.9 Å². The largest absolute Gasteiger partial charge is 0.380 e. The molecule has 98 valence electrons. The van der Waals surface area contributed by atoms with Gasteiger partial charge in [0.1, 0.15) is 0 Å². The minimum atomic E-state index is 0.223. The zero-order valence-electron chi connectivity index (χ0n) is 11.4. The highest BCUT2D eigenvalue weighted by Crippen LogP contribution is 2.20. The van der Waals surface area contributed by atoms with Gasteiger partial charge in [-0.3, -0.25) is 0 Å². The molecular weight excluding hydrogens is 224 g/mol. The molecule has 1 atom stereocenters. The van der Waals surface area contributed by atoms with Crippen LogP contribution < -0.4 is 5.32 Å². The van der Waals surface area contributed by atoms with Crippen LogP contribution in [0.5, 0.6) is 0 Å². The summed E-state index contributed by atoms with van der Waals surface area (Å²) in [6.07, 6.45) is 0.223. The van der Waals surface area contributed by atoms with Crippen molar-refractivity contribution in [1.29, 1.82) is 0 Å². The van der Waals surface area contributed by atoms with Crippen molar-refractivity contribution < 1.29 is 4.74 Å². The lowest BCUT2D eigenvalue weighted by atomic mass is 10.2. The molecule has 0 aliphatic rings. The van der Waals surface area contributed by atoms with E-state index >= 15 is 0 Å². The first-order valence-corrected chi connectivity index (χ1v) is 6.57. The maximum absolute atomic E-state index is 5.39. The summed E-state index contributed by atoms with van der Waals surface area (Å²) in [7, 11) is 1.76. The lowest BCUT2D eigenvalue weighted by Gasteiger charge is -2.15. The monoisotopic (exact) mass is 246 g/mol. The Morgan fingerprint density at radius 3 is 2.83 bits per heavy atom. The summed E-state index contributed by atoms with van der Waals surface area (Å²) in [5.74, 6) is 0. The zero-order chi connectivity index (χ0) is 13.0. The van der Waals surface area contributed by atoms with E-state index in [2.05, 4.69) is 54.1 Å². The first-order chi connectivity index (χ1) is 8.76. The predicted octanol–water partition coefficient (Wildman–Crippen LogP) is 2.79. The molecule has 0 radical (unpaired) electrons. The molecule has 2 aromatic rings. The van der Waals surface area contributed by atoms with Crippen LogP contribution in [0.4, 0.5) is 0 Å². The predicted molar refractivity (Wildman–Crippen MR) is 75.8 cm³/mol. The number of hydrogen-bond acceptors (Lipinski definition) is 2. The van der Waals surface area contributed by atoms with Gasteiger partial charge in [-0.1, -0.05) is 25.1 Å². The van der Waals surface area contributed by atoms with E-state index in [-0.39, 0.29) is 6.10 Å². The SMILES string of the molecule is CCNCc1cc2ccccc2n1CC(C)OC. The van der Waals surface area contributed by atoms with E-state index in [1.54, 1.807) is 7.11 Å². The third kappa shape index (κ3) is 2.74. The minimum Gasteiger partial charge on any atom is -0.380 e. The van der Waals surface area contributed by atoms with E-state index in [1.807, 2.05) is 0 Å². The van der Waals surface area contributed by atoms with Gasteiger partial charge in [0.05, 0.1) is 6.10 Å². The number of benzene rings is 1. The molecule has 1 aromatic carbocycles. The number of nitrogens with zero attached hydrogens (tertiary/aromatic N) is 1. The van der Waals surface area contributed by atoms with Crippen molar-refractivity contribution in [2.45, 2.75) is 33.0 Å². The average Bonchev–Trinajstić information content (AvgIpc) is 2.74. The van der Waals surface area contributed by atoms with Gasteiger partial charge in [-0.25, -0.2) is 0 Å². The van der Waals surface area contributed by atoms with Crippen LogP contribution in [0.2, 0.25) is 0 Å². The number of aromatic nitrogens is 1. The van der Waals surface area contributed by atoms with Crippen molar-refractivity contribution in [3.05, 3.63) is 36.0 Å². The number of ether oxygens (including phenoxy) is 1. The molecule has 0 spiro atoms. The second-order valence-corrected chi connectivity index (χ2v) is 4.63. The molecular formula is C15H22N2O. The first-order valence-electron chi connectivity index (χ1n) is 6.57. The van der Waals surface area contributed by atoms with Crippen LogP contribution in [0.3, 0.4) is 0 Å². The number of rotatable bonds is 6. The quantitative estimate of drug-likeness (QED) is 0.848. The lowest BCUT2D eigenvalue weighted by Crippen LogP contribution is -2.20. The van der Waals surface area contributed by atoms with Crippen molar-refractivity contribution in [3.63, 3.8) is 0 Å². The fourth-order valence-electron chi connectivity index (χ4n) is 2.21. The van der Waals surface area contributed by atoms with Crippen LogP contribution in [0, 0.1) is 0 Å². The van der Waals surface area contributed by atoms with E-state index < -0.39 is 0 Å². The molecule has 1 N–H and O–H groups in total. The second kappa shape index (κ2) is 6.03. The van der Waals surface area contributed by atoms with Gasteiger partial charge in [0, 0.05) is 31.4 Å². The van der Waals surface area contributed by atoms with Crippen LogP contribution in [-0.2, 0) is 17.8 Å². The molecule has 1 aromatic heterocycles. The Bertz CT molecular complexity index is 504. The fraction of sp³-hybridized carbons (Fsp3) is 0.467. The summed E-state index contributed by atoms with van der Waals surface area (Å²) in [4.78, 5) is 0. The smallest absolute Gasteiger partial charge is 0.0722 e. The summed E-state index contributed by atoms with van der Waals surface area (Å²) in [5.41, 5.74) is 2.61. The lowest BCUT2D eigenvalue weighted by molar-refractivity contribution is 0.103. The third-order valence-corrected chi connectivity index (χ3v) is 3.29. The van der Waals surface area contributed by atoms with E-state index in [9.17, 15) is 0 Å². The van der Waals surface area contributed by atoms with Crippen LogP contribution in [0.25, 0.3) is 10.9 Å². The molecule has 18 heavy (non-hydrogen) atoms. The van der Waals surface area contributed by atoms with Crippen LogP contribution >= 0.6 is 0 Å². The van der Waals surface area contributed by atoms with E-state index in [0.717, 1.165) is 19.6 Å². The Morgan fingerprint density at radius 1 is 1.33 bits per heavy atom. The van der Waals surface area contributed by atoms with E-state index in [1.165, 1.54) is 16.6 Å². The number of hydrogen-bond donors (Lipinski definition) is 1. The molecule has 3 heteroatoms. The standard InChI is InChI=1S/C15H22N2O/c1-4-16-10-14-9-13-7-5-6-8-15(13)17(14)11-12(2)18-3/h5-9,12,16H,4,10-11H2,1-3H3. The first kappa shape index (κ1) is 13.1. The molecule has 0 saturated heterocycles. The van der Waals surface area contributed by atoms with E-state index in [4.69, 9.17) is 4.74 Å². The molecule has 0 amide bonds. The highest BCUT2D eigenvalue weighted by molar-refractivity contribution is 5.81. The highest BCUT2D eigenvalue weighted by Gasteiger charge is 2.10. The van der Waals surface area contributed by atoms with Gasteiger partial charge in [0.15, 0.2) is 0 Å². The summed E-state index contributed by atoms with van der Waals surface area (Å²) in [6.45, 7) is 7.02. The van der Waals surface area contributed by atoms with E-state index in [0.29, 0.717) is 0 Å². The summed E-state index contributed by atoms with van der Waals surface area (Å²) in [6, 6.07) is 10.8. The average molecular weight is 246 g/mol. The van der Waals surface area contributed by atoms with Gasteiger partial charge in [0.25, 0.3) is 0 Å². The Morgan fingerprint density at radius 2 is 2.11 bits per heavy atom. The fourth-order valence-corrected chi connectivity index (χ4v) is 2.21. The Labute approximate surface area is 109 Å². The Balaban J connectivity index is 2.37. The van der Waals surface area contributed by atoms with Gasteiger partial charge < -0.3 is 14.6 Å². The third-order valence-electron chi connectivity index (χ3n) is 3.29. The number of para-hydroxylation sites is 1. The van der Waals surface area contributed by atoms with Gasteiger partial charge in [-0.05, 0) is 31.0 Å². The van der Waals surface area contributed by atoms with Crippen molar-refractivity contribution in [2.24, 2.45) is 0 Å². The molecule has 0 fully saturated rings. The van der Waals surface area contributed by atoms with Gasteiger partial charge in [-0.15, -0.1) is 0 Å². The van der Waals surface area contributed by atoms with Crippen LogP contribution in [0.15, 0.2) is 30.3 Å². The number of nitrogens with one attached hydrogen (secondary N) is 1. The second-order valence-electron chi connectivity index (χ2n) is 4.63. The normalized spacial score (nSPS) is 13.1. The molecule has 0 saturated carbocycles.